The van der Waals surface area contributed by atoms with Crippen molar-refractivity contribution in [2.45, 2.75) is 0 Å². The Labute approximate surface area is 156 Å². The first kappa shape index (κ1) is 18.3. The summed E-state index contributed by atoms with van der Waals surface area (Å²) in [5, 5.41) is 12.3. The fourth-order valence-corrected chi connectivity index (χ4v) is 2.84. The molecule has 0 spiro atoms. The number of allylic oxidation sites excluding steroid dienone is 1. The third kappa shape index (κ3) is 3.55. The van der Waals surface area contributed by atoms with E-state index >= 15 is 0 Å². The molecule has 0 aliphatic rings. The van der Waals surface area contributed by atoms with Gasteiger partial charge < -0.3 is 19.3 Å². The normalized spacial score (nSPS) is 10.9. The molecule has 0 aliphatic heterocycles. The lowest BCUT2D eigenvalue weighted by Gasteiger charge is -2.15. The van der Waals surface area contributed by atoms with Crippen LogP contribution in [0.2, 0.25) is 0 Å². The summed E-state index contributed by atoms with van der Waals surface area (Å²) in [6.07, 6.45) is 6.55. The highest BCUT2D eigenvalue weighted by atomic mass is 16.5. The van der Waals surface area contributed by atoms with Gasteiger partial charge in [-0.3, -0.25) is 9.78 Å². The largest absolute Gasteiger partial charge is 0.507 e. The topological polar surface area (TPSA) is 77.9 Å². The maximum Gasteiger partial charge on any atom is 0.204 e. The molecule has 27 heavy (non-hydrogen) atoms. The van der Waals surface area contributed by atoms with Crippen molar-refractivity contribution in [2.24, 2.45) is 0 Å². The van der Waals surface area contributed by atoms with Crippen molar-refractivity contribution in [3.8, 4) is 23.0 Å². The molecule has 0 fully saturated rings. The second-order valence-electron chi connectivity index (χ2n) is 5.72. The second kappa shape index (κ2) is 7.78. The first-order chi connectivity index (χ1) is 13.1. The zero-order valence-electron chi connectivity index (χ0n) is 15.2. The van der Waals surface area contributed by atoms with Crippen LogP contribution in [-0.2, 0) is 0 Å². The minimum atomic E-state index is -0.417. The van der Waals surface area contributed by atoms with Crippen LogP contribution in [-0.4, -0.2) is 37.2 Å². The summed E-state index contributed by atoms with van der Waals surface area (Å²) in [6.45, 7) is 0. The molecule has 1 aromatic heterocycles. The van der Waals surface area contributed by atoms with E-state index in [-0.39, 0.29) is 28.6 Å². The molecule has 3 aromatic rings. The van der Waals surface area contributed by atoms with E-state index in [4.69, 9.17) is 14.2 Å². The average Bonchev–Trinajstić information content (AvgIpc) is 2.70. The van der Waals surface area contributed by atoms with Gasteiger partial charge in [0, 0.05) is 23.8 Å². The van der Waals surface area contributed by atoms with Gasteiger partial charge in [0.1, 0.15) is 11.3 Å². The van der Waals surface area contributed by atoms with Crippen LogP contribution in [0.3, 0.4) is 0 Å². The van der Waals surface area contributed by atoms with Gasteiger partial charge in [-0.1, -0.05) is 18.2 Å². The van der Waals surface area contributed by atoms with E-state index in [1.165, 1.54) is 33.5 Å². The van der Waals surface area contributed by atoms with E-state index < -0.39 is 5.78 Å². The number of ketones is 1. The number of methoxy groups -OCH3 is 3. The molecule has 2 aromatic carbocycles. The minimum Gasteiger partial charge on any atom is -0.507 e. The Morgan fingerprint density at radius 2 is 1.78 bits per heavy atom. The molecule has 138 valence electrons. The number of phenolic OH excluding ortho intramolecular Hbond substituents is 1. The number of carbonyl (C=O) groups excluding carboxylic acids is 1. The van der Waals surface area contributed by atoms with Gasteiger partial charge in [-0.25, -0.2) is 0 Å². The Morgan fingerprint density at radius 3 is 2.48 bits per heavy atom. The first-order valence-corrected chi connectivity index (χ1v) is 8.17. The summed E-state index contributed by atoms with van der Waals surface area (Å²) < 4.78 is 15.7. The number of ether oxygens (including phenoxy) is 3. The fourth-order valence-electron chi connectivity index (χ4n) is 2.84. The molecule has 0 unspecified atom stereocenters. The van der Waals surface area contributed by atoms with Crippen LogP contribution in [0.5, 0.6) is 23.0 Å². The van der Waals surface area contributed by atoms with Gasteiger partial charge in [-0.15, -0.1) is 0 Å². The molecule has 0 radical (unpaired) electrons. The predicted molar refractivity (Wildman–Crippen MR) is 103 cm³/mol. The zero-order chi connectivity index (χ0) is 19.4. The predicted octanol–water partition coefficient (Wildman–Crippen LogP) is 3.86. The number of pyridine rings is 1. The molecule has 6 heteroatoms. The highest BCUT2D eigenvalue weighted by Crippen LogP contribution is 2.44. The summed E-state index contributed by atoms with van der Waals surface area (Å²) in [7, 11) is 4.27. The molecule has 0 saturated heterocycles. The molecule has 1 heterocycles. The minimum absolute atomic E-state index is 0.0105. The summed E-state index contributed by atoms with van der Waals surface area (Å²) in [6, 6.07) is 9.00. The Balaban J connectivity index is 1.98. The molecule has 0 aliphatic carbocycles. The highest BCUT2D eigenvalue weighted by Gasteiger charge is 2.24. The van der Waals surface area contributed by atoms with Crippen LogP contribution in [0.4, 0.5) is 0 Å². The summed E-state index contributed by atoms with van der Waals surface area (Å²) in [5.74, 6) is -0.0271. The molecular weight excluding hydrogens is 346 g/mol. The second-order valence-corrected chi connectivity index (χ2v) is 5.72. The lowest BCUT2D eigenvalue weighted by Crippen LogP contribution is -2.03. The molecule has 3 rings (SSSR count). The van der Waals surface area contributed by atoms with Gasteiger partial charge >= 0.3 is 0 Å². The van der Waals surface area contributed by atoms with Crippen molar-refractivity contribution in [3.63, 3.8) is 0 Å². The molecule has 1 N–H and O–H groups in total. The number of aromatic nitrogens is 1. The molecule has 0 atom stereocenters. The van der Waals surface area contributed by atoms with Gasteiger partial charge in [0.05, 0.1) is 21.3 Å². The average molecular weight is 365 g/mol. The molecule has 0 saturated carbocycles. The van der Waals surface area contributed by atoms with Crippen LogP contribution in [0.1, 0.15) is 15.9 Å². The van der Waals surface area contributed by atoms with Crippen LogP contribution >= 0.6 is 0 Å². The van der Waals surface area contributed by atoms with Gasteiger partial charge in [-0.2, -0.15) is 0 Å². The third-order valence-electron chi connectivity index (χ3n) is 4.15. The maximum atomic E-state index is 12.7. The van der Waals surface area contributed by atoms with Crippen LogP contribution in [0.15, 0.2) is 48.8 Å². The number of phenols is 1. The van der Waals surface area contributed by atoms with Gasteiger partial charge in [-0.05, 0) is 29.2 Å². The fraction of sp³-hybridized carbons (Fsp3) is 0.143. The number of fused-ring (bicyclic) bond motifs is 1. The first-order valence-electron chi connectivity index (χ1n) is 8.17. The number of nitrogens with zero attached hydrogens (tertiary/aromatic N) is 1. The number of benzene rings is 2. The van der Waals surface area contributed by atoms with Gasteiger partial charge in [0.2, 0.25) is 5.75 Å². The zero-order valence-corrected chi connectivity index (χ0v) is 15.2. The molecule has 0 amide bonds. The number of rotatable bonds is 6. The lowest BCUT2D eigenvalue weighted by atomic mass is 10.0. The molecule has 6 nitrogen and oxygen atoms in total. The summed E-state index contributed by atoms with van der Waals surface area (Å²) in [5.41, 5.74) is 0.859. The Hall–Kier alpha value is -3.54. The maximum absolute atomic E-state index is 12.7. The van der Waals surface area contributed by atoms with Crippen molar-refractivity contribution in [1.82, 2.24) is 4.98 Å². The van der Waals surface area contributed by atoms with Crippen LogP contribution < -0.4 is 14.2 Å². The van der Waals surface area contributed by atoms with Gasteiger partial charge in [0.25, 0.3) is 0 Å². The van der Waals surface area contributed by atoms with E-state index in [0.717, 1.165) is 16.3 Å². The van der Waals surface area contributed by atoms with Gasteiger partial charge in [0.15, 0.2) is 17.3 Å². The van der Waals surface area contributed by atoms with E-state index in [1.54, 1.807) is 18.5 Å². The molecule has 0 bridgehead atoms. The number of hydrogen-bond donors (Lipinski definition) is 1. The highest BCUT2D eigenvalue weighted by molar-refractivity contribution is 6.11. The van der Waals surface area contributed by atoms with E-state index in [0.29, 0.717) is 0 Å². The number of carbonyl (C=O) groups is 1. The Kier molecular flexibility index (Phi) is 5.26. The SMILES string of the molecule is COc1cc(O)c(C(=O)/C=C/c2ccc3cnccc3c2)c(OC)c1OC. The summed E-state index contributed by atoms with van der Waals surface area (Å²) in [4.78, 5) is 16.8. The van der Waals surface area contributed by atoms with E-state index in [9.17, 15) is 9.90 Å². The van der Waals surface area contributed by atoms with Crippen molar-refractivity contribution < 1.29 is 24.1 Å². The lowest BCUT2D eigenvalue weighted by molar-refractivity contribution is 0.104. The van der Waals surface area contributed by atoms with Crippen molar-refractivity contribution in [1.29, 1.82) is 0 Å². The van der Waals surface area contributed by atoms with E-state index in [1.807, 2.05) is 24.3 Å². The molecular formula is C21H19NO5. The third-order valence-corrected chi connectivity index (χ3v) is 4.15. The van der Waals surface area contributed by atoms with E-state index in [2.05, 4.69) is 4.98 Å². The van der Waals surface area contributed by atoms with Crippen LogP contribution in [0.25, 0.3) is 16.8 Å². The Morgan fingerprint density at radius 1 is 1.00 bits per heavy atom. The van der Waals surface area contributed by atoms with Crippen molar-refractivity contribution >= 4 is 22.6 Å². The van der Waals surface area contributed by atoms with Crippen molar-refractivity contribution in [2.75, 3.05) is 21.3 Å². The number of hydrogen-bond acceptors (Lipinski definition) is 6. The number of aromatic hydroxyl groups is 1. The smallest absolute Gasteiger partial charge is 0.204 e. The monoisotopic (exact) mass is 365 g/mol. The summed E-state index contributed by atoms with van der Waals surface area (Å²) >= 11 is 0. The van der Waals surface area contributed by atoms with Crippen LogP contribution in [0, 0.1) is 0 Å². The van der Waals surface area contributed by atoms with Crippen molar-refractivity contribution in [3.05, 3.63) is 59.9 Å². The Bertz CT molecular complexity index is 1030. The quantitative estimate of drug-likeness (QED) is 0.528. The standard InChI is InChI=1S/C21H19NO5/c1-25-18-11-17(24)19(21(27-3)20(18)26-2)16(23)7-5-13-4-6-15-12-22-9-8-14(15)10-13/h4-12,24H,1-3H3/b7-5+.